The zero-order valence-corrected chi connectivity index (χ0v) is 11.0. The standard InChI is InChI=1S/C13H19N3O3/c1-19-11-5-6-12(13(8-11)16(17)18)15-9-10-4-2-3-7-14-10/h5-6,8,10,14-15H,2-4,7,9H2,1H3. The Morgan fingerprint density at radius 1 is 1.53 bits per heavy atom. The summed E-state index contributed by atoms with van der Waals surface area (Å²) in [6.45, 7) is 1.73. The number of benzene rings is 1. The molecule has 0 amide bonds. The van der Waals surface area contributed by atoms with Gasteiger partial charge in [0, 0.05) is 12.6 Å². The van der Waals surface area contributed by atoms with E-state index in [0.29, 0.717) is 24.0 Å². The van der Waals surface area contributed by atoms with E-state index in [1.165, 1.54) is 26.0 Å². The maximum Gasteiger partial charge on any atom is 0.296 e. The van der Waals surface area contributed by atoms with Crippen LogP contribution in [0.1, 0.15) is 19.3 Å². The molecular weight excluding hydrogens is 246 g/mol. The Kier molecular flexibility index (Phi) is 4.57. The molecular formula is C13H19N3O3. The number of hydrogen-bond acceptors (Lipinski definition) is 5. The lowest BCUT2D eigenvalue weighted by molar-refractivity contribution is -0.384. The van der Waals surface area contributed by atoms with E-state index in [9.17, 15) is 10.1 Å². The average molecular weight is 265 g/mol. The molecule has 1 aliphatic rings. The smallest absolute Gasteiger partial charge is 0.296 e. The van der Waals surface area contributed by atoms with Crippen LogP contribution in [-0.2, 0) is 0 Å². The van der Waals surface area contributed by atoms with Crippen molar-refractivity contribution in [2.75, 3.05) is 25.5 Å². The molecule has 6 nitrogen and oxygen atoms in total. The van der Waals surface area contributed by atoms with E-state index in [1.54, 1.807) is 12.1 Å². The molecule has 1 fully saturated rings. The lowest BCUT2D eigenvalue weighted by atomic mass is 10.1. The molecule has 1 heterocycles. The maximum atomic E-state index is 11.0. The van der Waals surface area contributed by atoms with Crippen LogP contribution in [0.3, 0.4) is 0 Å². The first-order valence-corrected chi connectivity index (χ1v) is 6.50. The van der Waals surface area contributed by atoms with Crippen molar-refractivity contribution in [2.24, 2.45) is 0 Å². The van der Waals surface area contributed by atoms with Gasteiger partial charge in [-0.1, -0.05) is 6.42 Å². The molecule has 6 heteroatoms. The van der Waals surface area contributed by atoms with Crippen LogP contribution in [0.15, 0.2) is 18.2 Å². The Labute approximate surface area is 112 Å². The fourth-order valence-corrected chi connectivity index (χ4v) is 2.27. The second-order valence-electron chi connectivity index (χ2n) is 4.67. The number of anilines is 1. The molecule has 0 aliphatic carbocycles. The molecule has 2 N–H and O–H groups in total. The molecule has 0 saturated carbocycles. The zero-order chi connectivity index (χ0) is 13.7. The van der Waals surface area contributed by atoms with Gasteiger partial charge < -0.3 is 15.4 Å². The number of nitro benzene ring substituents is 1. The van der Waals surface area contributed by atoms with Gasteiger partial charge in [-0.3, -0.25) is 10.1 Å². The van der Waals surface area contributed by atoms with Gasteiger partial charge in [-0.2, -0.15) is 0 Å². The highest BCUT2D eigenvalue weighted by atomic mass is 16.6. The quantitative estimate of drug-likeness (QED) is 0.630. The SMILES string of the molecule is COc1ccc(NCC2CCCCN2)c([N+](=O)[O-])c1. The highest BCUT2D eigenvalue weighted by Crippen LogP contribution is 2.29. The lowest BCUT2D eigenvalue weighted by Gasteiger charge is -2.24. The van der Waals surface area contributed by atoms with Crippen LogP contribution >= 0.6 is 0 Å². The van der Waals surface area contributed by atoms with Crippen molar-refractivity contribution in [3.05, 3.63) is 28.3 Å². The summed E-state index contributed by atoms with van der Waals surface area (Å²) in [5.74, 6) is 0.494. The van der Waals surface area contributed by atoms with E-state index in [4.69, 9.17) is 4.74 Å². The Morgan fingerprint density at radius 3 is 3.00 bits per heavy atom. The summed E-state index contributed by atoms with van der Waals surface area (Å²) in [6.07, 6.45) is 3.53. The first-order valence-electron chi connectivity index (χ1n) is 6.50. The summed E-state index contributed by atoms with van der Waals surface area (Å²) < 4.78 is 5.01. The van der Waals surface area contributed by atoms with Crippen LogP contribution in [0.4, 0.5) is 11.4 Å². The minimum atomic E-state index is -0.390. The number of methoxy groups -OCH3 is 1. The van der Waals surface area contributed by atoms with Gasteiger partial charge in [-0.25, -0.2) is 0 Å². The monoisotopic (exact) mass is 265 g/mol. The third-order valence-corrected chi connectivity index (χ3v) is 3.35. The Bertz CT molecular complexity index is 445. The molecule has 0 bridgehead atoms. The fraction of sp³-hybridized carbons (Fsp3) is 0.538. The number of rotatable bonds is 5. The van der Waals surface area contributed by atoms with Gasteiger partial charge in [-0.15, -0.1) is 0 Å². The molecule has 2 rings (SSSR count). The van der Waals surface area contributed by atoms with Gasteiger partial charge >= 0.3 is 0 Å². The molecule has 1 atom stereocenters. The van der Waals surface area contributed by atoms with Crippen molar-refractivity contribution in [3.63, 3.8) is 0 Å². The fourth-order valence-electron chi connectivity index (χ4n) is 2.27. The van der Waals surface area contributed by atoms with E-state index >= 15 is 0 Å². The zero-order valence-electron chi connectivity index (χ0n) is 11.0. The van der Waals surface area contributed by atoms with Gasteiger partial charge in [0.05, 0.1) is 18.1 Å². The highest BCUT2D eigenvalue weighted by Gasteiger charge is 2.17. The first kappa shape index (κ1) is 13.6. The van der Waals surface area contributed by atoms with Crippen molar-refractivity contribution >= 4 is 11.4 Å². The first-order chi connectivity index (χ1) is 9.20. The van der Waals surface area contributed by atoms with Crippen LogP contribution in [0.2, 0.25) is 0 Å². The van der Waals surface area contributed by atoms with Crippen molar-refractivity contribution in [3.8, 4) is 5.75 Å². The molecule has 1 aromatic rings. The Hall–Kier alpha value is -1.82. The third kappa shape index (κ3) is 3.57. The Morgan fingerprint density at radius 2 is 2.37 bits per heavy atom. The molecule has 0 spiro atoms. The summed E-state index contributed by atoms with van der Waals surface area (Å²) in [4.78, 5) is 10.6. The second-order valence-corrected chi connectivity index (χ2v) is 4.67. The van der Waals surface area contributed by atoms with Gasteiger partial charge in [0.15, 0.2) is 0 Å². The van der Waals surface area contributed by atoms with Crippen LogP contribution in [0.5, 0.6) is 5.75 Å². The van der Waals surface area contributed by atoms with E-state index < -0.39 is 0 Å². The van der Waals surface area contributed by atoms with Gasteiger partial charge in [0.1, 0.15) is 11.4 Å². The number of ether oxygens (including phenoxy) is 1. The topological polar surface area (TPSA) is 76.4 Å². The molecule has 1 aliphatic heterocycles. The Balaban J connectivity index is 2.04. The van der Waals surface area contributed by atoms with Crippen LogP contribution in [0.25, 0.3) is 0 Å². The van der Waals surface area contributed by atoms with Gasteiger partial charge in [-0.05, 0) is 31.5 Å². The van der Waals surface area contributed by atoms with E-state index in [1.807, 2.05) is 0 Å². The number of nitrogens with one attached hydrogen (secondary N) is 2. The highest BCUT2D eigenvalue weighted by molar-refractivity contribution is 5.63. The third-order valence-electron chi connectivity index (χ3n) is 3.35. The summed E-state index contributed by atoms with van der Waals surface area (Å²) >= 11 is 0. The summed E-state index contributed by atoms with van der Waals surface area (Å²) in [5.41, 5.74) is 0.591. The lowest BCUT2D eigenvalue weighted by Crippen LogP contribution is -2.39. The molecule has 0 aromatic heterocycles. The van der Waals surface area contributed by atoms with Crippen LogP contribution in [-0.4, -0.2) is 31.2 Å². The predicted octanol–water partition coefficient (Wildman–Crippen LogP) is 2.16. The minimum absolute atomic E-state index is 0.0511. The van der Waals surface area contributed by atoms with E-state index in [0.717, 1.165) is 13.0 Å². The molecule has 1 aromatic carbocycles. The normalized spacial score (nSPS) is 18.9. The minimum Gasteiger partial charge on any atom is -0.496 e. The maximum absolute atomic E-state index is 11.0. The number of piperidine rings is 1. The van der Waals surface area contributed by atoms with Crippen molar-refractivity contribution in [1.82, 2.24) is 5.32 Å². The van der Waals surface area contributed by atoms with Gasteiger partial charge in [0.2, 0.25) is 0 Å². The molecule has 1 saturated heterocycles. The molecule has 104 valence electrons. The summed E-state index contributed by atoms with van der Waals surface area (Å²) in [5, 5.41) is 17.6. The van der Waals surface area contributed by atoms with Crippen molar-refractivity contribution in [2.45, 2.75) is 25.3 Å². The summed E-state index contributed by atoms with van der Waals surface area (Å²) in [6, 6.07) is 5.25. The molecule has 0 radical (unpaired) electrons. The molecule has 19 heavy (non-hydrogen) atoms. The average Bonchev–Trinajstić information content (AvgIpc) is 2.46. The van der Waals surface area contributed by atoms with Crippen molar-refractivity contribution < 1.29 is 9.66 Å². The summed E-state index contributed by atoms with van der Waals surface area (Å²) in [7, 11) is 1.50. The molecule has 1 unspecified atom stereocenters. The number of nitro groups is 1. The van der Waals surface area contributed by atoms with Crippen LogP contribution < -0.4 is 15.4 Å². The largest absolute Gasteiger partial charge is 0.496 e. The number of nitrogens with zero attached hydrogens (tertiary/aromatic N) is 1. The van der Waals surface area contributed by atoms with E-state index in [-0.39, 0.29) is 10.6 Å². The predicted molar refractivity (Wildman–Crippen MR) is 73.8 cm³/mol. The van der Waals surface area contributed by atoms with Gasteiger partial charge in [0.25, 0.3) is 5.69 Å². The van der Waals surface area contributed by atoms with Crippen molar-refractivity contribution in [1.29, 1.82) is 0 Å². The second kappa shape index (κ2) is 6.38. The number of hydrogen-bond donors (Lipinski definition) is 2. The van der Waals surface area contributed by atoms with E-state index in [2.05, 4.69) is 10.6 Å². The van der Waals surface area contributed by atoms with Crippen LogP contribution in [0, 0.1) is 10.1 Å².